The van der Waals surface area contributed by atoms with Gasteiger partial charge in [-0.25, -0.2) is 4.79 Å². The van der Waals surface area contributed by atoms with Crippen molar-refractivity contribution >= 4 is 17.6 Å². The van der Waals surface area contributed by atoms with Crippen molar-refractivity contribution in [1.29, 1.82) is 0 Å². The molecule has 0 fully saturated rings. The molecule has 0 aliphatic carbocycles. The highest BCUT2D eigenvalue weighted by atomic mass is 16.6. The molecule has 26 heavy (non-hydrogen) atoms. The molecule has 0 unspecified atom stereocenters. The number of rotatable bonds is 8. The number of para-hydroxylation sites is 2. The Bertz CT molecular complexity index is 744. The van der Waals surface area contributed by atoms with Gasteiger partial charge in [-0.15, -0.1) is 0 Å². The van der Waals surface area contributed by atoms with E-state index >= 15 is 0 Å². The monoisotopic (exact) mass is 359 g/mol. The first-order valence-electron chi connectivity index (χ1n) is 7.93. The average Bonchev–Trinajstić information content (AvgIpc) is 2.67. The van der Waals surface area contributed by atoms with Gasteiger partial charge in [0.05, 0.1) is 19.9 Å². The standard InChI is InChI=1S/C19H21NO6/c1-13(19(22)20-16-6-4-5-7-17(16)24-3)26-18(21)12-25-15-10-8-14(23-2)9-11-15/h4-11,13H,12H2,1-3H3,(H,20,22)/t13-/m1/s1. The maximum Gasteiger partial charge on any atom is 0.344 e. The number of methoxy groups -OCH3 is 2. The van der Waals surface area contributed by atoms with Crippen LogP contribution in [-0.4, -0.2) is 38.8 Å². The molecule has 7 heteroatoms. The van der Waals surface area contributed by atoms with Crippen LogP contribution in [0.4, 0.5) is 5.69 Å². The number of nitrogens with one attached hydrogen (secondary N) is 1. The van der Waals surface area contributed by atoms with E-state index < -0.39 is 18.0 Å². The maximum absolute atomic E-state index is 12.2. The highest BCUT2D eigenvalue weighted by Gasteiger charge is 2.19. The second-order valence-corrected chi connectivity index (χ2v) is 5.29. The smallest absolute Gasteiger partial charge is 0.344 e. The molecule has 0 heterocycles. The third-order valence-corrected chi connectivity index (χ3v) is 3.46. The molecule has 138 valence electrons. The maximum atomic E-state index is 12.2. The summed E-state index contributed by atoms with van der Waals surface area (Å²) in [5.41, 5.74) is 0.498. The summed E-state index contributed by atoms with van der Waals surface area (Å²) in [4.78, 5) is 24.0. The minimum atomic E-state index is -0.980. The van der Waals surface area contributed by atoms with E-state index in [1.807, 2.05) is 0 Å². The molecule has 0 aromatic heterocycles. The van der Waals surface area contributed by atoms with Crippen LogP contribution in [0, 0.1) is 0 Å². The summed E-state index contributed by atoms with van der Waals surface area (Å²) in [5, 5.41) is 2.66. The van der Waals surface area contributed by atoms with E-state index in [9.17, 15) is 9.59 Å². The Morgan fingerprint density at radius 2 is 1.62 bits per heavy atom. The summed E-state index contributed by atoms with van der Waals surface area (Å²) in [6.45, 7) is 1.18. The molecular formula is C19H21NO6. The van der Waals surface area contributed by atoms with Gasteiger partial charge in [0.1, 0.15) is 17.2 Å². The number of esters is 1. The van der Waals surface area contributed by atoms with Crippen LogP contribution in [0.1, 0.15) is 6.92 Å². The van der Waals surface area contributed by atoms with Crippen molar-refractivity contribution in [2.75, 3.05) is 26.1 Å². The van der Waals surface area contributed by atoms with Gasteiger partial charge in [-0.1, -0.05) is 12.1 Å². The molecule has 2 rings (SSSR count). The van der Waals surface area contributed by atoms with Crippen LogP contribution in [0.15, 0.2) is 48.5 Å². The zero-order valence-electron chi connectivity index (χ0n) is 14.9. The third-order valence-electron chi connectivity index (χ3n) is 3.46. The predicted molar refractivity (Wildman–Crippen MR) is 95.7 cm³/mol. The minimum absolute atomic E-state index is 0.307. The molecular weight excluding hydrogens is 338 g/mol. The van der Waals surface area contributed by atoms with Gasteiger partial charge in [-0.2, -0.15) is 0 Å². The van der Waals surface area contributed by atoms with Gasteiger partial charge in [0.15, 0.2) is 12.7 Å². The summed E-state index contributed by atoms with van der Waals surface area (Å²) in [6, 6.07) is 13.7. The van der Waals surface area contributed by atoms with Crippen LogP contribution in [0.3, 0.4) is 0 Å². The molecule has 2 aromatic carbocycles. The number of carbonyl (C=O) groups excluding carboxylic acids is 2. The summed E-state index contributed by atoms with van der Waals surface area (Å²) in [7, 11) is 3.07. The Kier molecular flexibility index (Phi) is 6.84. The Labute approximate surface area is 151 Å². The van der Waals surface area contributed by atoms with Crippen molar-refractivity contribution in [3.05, 3.63) is 48.5 Å². The zero-order chi connectivity index (χ0) is 18.9. The van der Waals surface area contributed by atoms with Gasteiger partial charge < -0.3 is 24.3 Å². The average molecular weight is 359 g/mol. The molecule has 2 aromatic rings. The zero-order valence-corrected chi connectivity index (χ0v) is 14.9. The lowest BCUT2D eigenvalue weighted by molar-refractivity contribution is -0.155. The van der Waals surface area contributed by atoms with E-state index in [2.05, 4.69) is 5.32 Å². The molecule has 0 saturated carbocycles. The molecule has 0 saturated heterocycles. The normalized spacial score (nSPS) is 11.2. The lowest BCUT2D eigenvalue weighted by Gasteiger charge is -2.15. The Balaban J connectivity index is 1.82. The third kappa shape index (κ3) is 5.41. The van der Waals surface area contributed by atoms with E-state index in [1.165, 1.54) is 14.0 Å². The molecule has 0 aliphatic rings. The van der Waals surface area contributed by atoms with Crippen LogP contribution < -0.4 is 19.5 Å². The number of carbonyl (C=O) groups is 2. The fraction of sp³-hybridized carbons (Fsp3) is 0.263. The summed E-state index contributed by atoms with van der Waals surface area (Å²) >= 11 is 0. The van der Waals surface area contributed by atoms with Gasteiger partial charge in [-0.05, 0) is 43.3 Å². The van der Waals surface area contributed by atoms with Gasteiger partial charge in [0.25, 0.3) is 5.91 Å². The SMILES string of the molecule is COc1ccc(OCC(=O)O[C@H](C)C(=O)Nc2ccccc2OC)cc1. The number of anilines is 1. The molecule has 0 aliphatic heterocycles. The number of hydrogen-bond acceptors (Lipinski definition) is 6. The van der Waals surface area contributed by atoms with Crippen LogP contribution in [-0.2, 0) is 14.3 Å². The quantitative estimate of drug-likeness (QED) is 0.730. The van der Waals surface area contributed by atoms with Gasteiger partial charge >= 0.3 is 5.97 Å². The second kappa shape index (κ2) is 9.31. The molecule has 1 N–H and O–H groups in total. The molecule has 0 bridgehead atoms. The van der Waals surface area contributed by atoms with Crippen LogP contribution in [0.2, 0.25) is 0 Å². The Hall–Kier alpha value is -3.22. The number of ether oxygens (including phenoxy) is 4. The van der Waals surface area contributed by atoms with E-state index in [1.54, 1.807) is 55.6 Å². The van der Waals surface area contributed by atoms with Crippen molar-refractivity contribution in [3.8, 4) is 17.2 Å². The molecule has 0 radical (unpaired) electrons. The van der Waals surface area contributed by atoms with Gasteiger partial charge in [0.2, 0.25) is 0 Å². The van der Waals surface area contributed by atoms with Gasteiger partial charge in [-0.3, -0.25) is 4.79 Å². The van der Waals surface area contributed by atoms with Crippen molar-refractivity contribution < 1.29 is 28.5 Å². The summed E-state index contributed by atoms with van der Waals surface area (Å²) < 4.78 is 20.6. The molecule has 0 spiro atoms. The topological polar surface area (TPSA) is 83.1 Å². The largest absolute Gasteiger partial charge is 0.497 e. The van der Waals surface area contributed by atoms with Crippen molar-refractivity contribution in [2.45, 2.75) is 13.0 Å². The number of amides is 1. The van der Waals surface area contributed by atoms with E-state index in [4.69, 9.17) is 18.9 Å². The van der Waals surface area contributed by atoms with Crippen LogP contribution in [0.5, 0.6) is 17.2 Å². The highest BCUT2D eigenvalue weighted by Crippen LogP contribution is 2.23. The number of benzene rings is 2. The first kappa shape index (κ1) is 19.1. The lowest BCUT2D eigenvalue weighted by atomic mass is 10.2. The minimum Gasteiger partial charge on any atom is -0.497 e. The molecule has 1 amide bonds. The van der Waals surface area contributed by atoms with E-state index in [0.717, 1.165) is 0 Å². The van der Waals surface area contributed by atoms with Crippen molar-refractivity contribution in [2.24, 2.45) is 0 Å². The lowest BCUT2D eigenvalue weighted by Crippen LogP contribution is -2.31. The van der Waals surface area contributed by atoms with Crippen molar-refractivity contribution in [3.63, 3.8) is 0 Å². The number of hydrogen-bond donors (Lipinski definition) is 1. The summed E-state index contributed by atoms with van der Waals surface area (Å²) in [6.07, 6.45) is -0.980. The Morgan fingerprint density at radius 3 is 2.27 bits per heavy atom. The predicted octanol–water partition coefficient (Wildman–Crippen LogP) is 2.65. The van der Waals surface area contributed by atoms with E-state index in [-0.39, 0.29) is 6.61 Å². The molecule has 1 atom stereocenters. The fourth-order valence-corrected chi connectivity index (χ4v) is 2.08. The second-order valence-electron chi connectivity index (χ2n) is 5.29. The summed E-state index contributed by atoms with van der Waals surface area (Å²) in [5.74, 6) is 0.577. The Morgan fingerprint density at radius 1 is 0.962 bits per heavy atom. The fourth-order valence-electron chi connectivity index (χ4n) is 2.08. The highest BCUT2D eigenvalue weighted by molar-refractivity contribution is 5.96. The molecule has 7 nitrogen and oxygen atoms in total. The van der Waals surface area contributed by atoms with Crippen LogP contribution in [0.25, 0.3) is 0 Å². The van der Waals surface area contributed by atoms with Gasteiger partial charge in [0, 0.05) is 0 Å². The van der Waals surface area contributed by atoms with Crippen LogP contribution >= 0.6 is 0 Å². The van der Waals surface area contributed by atoms with Crippen molar-refractivity contribution in [1.82, 2.24) is 0 Å². The first-order chi connectivity index (χ1) is 12.5. The first-order valence-corrected chi connectivity index (χ1v) is 7.93. The van der Waals surface area contributed by atoms with E-state index in [0.29, 0.717) is 22.9 Å².